The first-order valence-electron chi connectivity index (χ1n) is 5.32. The number of carbonyl (C=O) groups is 1. The van der Waals surface area contributed by atoms with Crippen LogP contribution in [0.3, 0.4) is 0 Å². The van der Waals surface area contributed by atoms with Crippen molar-refractivity contribution < 1.29 is 14.6 Å². The minimum atomic E-state index is -1.22. The van der Waals surface area contributed by atoms with Gasteiger partial charge in [-0.05, 0) is 18.3 Å². The van der Waals surface area contributed by atoms with Crippen molar-refractivity contribution >= 4 is 29.5 Å². The first-order valence-corrected chi connectivity index (χ1v) is 6.54. The number of ether oxygens (including phenoxy) is 1. The molecule has 0 aliphatic heterocycles. The van der Waals surface area contributed by atoms with Crippen molar-refractivity contribution in [2.75, 3.05) is 6.61 Å². The van der Waals surface area contributed by atoms with Crippen LogP contribution in [0.25, 0.3) is 11.3 Å². The van der Waals surface area contributed by atoms with E-state index in [-0.39, 0.29) is 0 Å². The predicted octanol–water partition coefficient (Wildman–Crippen LogP) is 1.51. The normalized spacial score (nSPS) is 12.0. The topological polar surface area (TPSA) is 65.2 Å². The zero-order valence-electron chi connectivity index (χ0n) is 9.19. The van der Waals surface area contributed by atoms with Crippen molar-refractivity contribution in [2.45, 2.75) is 6.42 Å². The van der Waals surface area contributed by atoms with Crippen LogP contribution in [0, 0.1) is 3.95 Å². The average Bonchev–Trinajstić information content (AvgIpc) is 2.82. The van der Waals surface area contributed by atoms with Gasteiger partial charge in [0.1, 0.15) is 12.4 Å². The maximum atomic E-state index is 10.4. The van der Waals surface area contributed by atoms with Gasteiger partial charge in [0.15, 0.2) is 3.95 Å². The van der Waals surface area contributed by atoms with Gasteiger partial charge in [-0.25, -0.2) is 0 Å². The van der Waals surface area contributed by atoms with Gasteiger partial charge in [0.25, 0.3) is 0 Å². The molecule has 1 aromatic heterocycles. The van der Waals surface area contributed by atoms with E-state index in [1.165, 1.54) is 4.88 Å². The van der Waals surface area contributed by atoms with Gasteiger partial charge in [0.2, 0.25) is 0 Å². The highest BCUT2D eigenvalue weighted by molar-refractivity contribution is 7.73. The van der Waals surface area contributed by atoms with Crippen molar-refractivity contribution in [3.63, 3.8) is 0 Å². The van der Waals surface area contributed by atoms with Crippen LogP contribution in [-0.4, -0.2) is 17.6 Å². The van der Waals surface area contributed by atoms with Crippen molar-refractivity contribution in [2.24, 2.45) is 0 Å². The Bertz CT molecular complexity index is 687. The minimum Gasteiger partial charge on any atom is -0.546 e. The summed E-state index contributed by atoms with van der Waals surface area (Å²) in [7, 11) is 0. The van der Waals surface area contributed by atoms with Crippen LogP contribution < -0.4 is 9.84 Å². The molecule has 0 saturated heterocycles. The van der Waals surface area contributed by atoms with Crippen LogP contribution in [0.5, 0.6) is 5.75 Å². The second-order valence-electron chi connectivity index (χ2n) is 3.93. The lowest BCUT2D eigenvalue weighted by Crippen LogP contribution is -2.29. The summed E-state index contributed by atoms with van der Waals surface area (Å²) in [6, 6.07) is 5.59. The van der Waals surface area contributed by atoms with E-state index in [0.29, 0.717) is 5.75 Å². The summed E-state index contributed by atoms with van der Waals surface area (Å²) in [6.07, 6.45) is 0.728. The third-order valence-electron chi connectivity index (χ3n) is 2.81. The molecular weight excluding hydrogens is 270 g/mol. The monoisotopic (exact) mass is 278 g/mol. The number of hydrogen-bond acceptors (Lipinski definition) is 5. The lowest BCUT2D eigenvalue weighted by atomic mass is 10.1. The van der Waals surface area contributed by atoms with Crippen LogP contribution in [0.1, 0.15) is 10.4 Å². The molecule has 1 heterocycles. The molecule has 0 spiro atoms. The molecule has 0 fully saturated rings. The molecule has 6 heteroatoms. The Kier molecular flexibility index (Phi) is 2.68. The number of aliphatic carboxylic acids is 1. The van der Waals surface area contributed by atoms with Crippen molar-refractivity contribution in [3.05, 3.63) is 32.6 Å². The fourth-order valence-electron chi connectivity index (χ4n) is 2.12. The molecule has 92 valence electrons. The Morgan fingerprint density at radius 3 is 3.17 bits per heavy atom. The number of carbonyl (C=O) groups excluding carboxylic acids is 1. The van der Waals surface area contributed by atoms with Gasteiger partial charge in [-0.3, -0.25) is 0 Å². The summed E-state index contributed by atoms with van der Waals surface area (Å²) >= 11 is 6.66. The van der Waals surface area contributed by atoms with Crippen molar-refractivity contribution in [3.8, 4) is 17.0 Å². The van der Waals surface area contributed by atoms with Gasteiger partial charge in [-0.2, -0.15) is 0 Å². The Hall–Kier alpha value is -1.66. The maximum absolute atomic E-state index is 10.4. The van der Waals surface area contributed by atoms with Gasteiger partial charge >= 0.3 is 0 Å². The number of carboxylic acid groups (broad SMARTS) is 1. The van der Waals surface area contributed by atoms with Gasteiger partial charge in [0.05, 0.1) is 11.7 Å². The van der Waals surface area contributed by atoms with Crippen LogP contribution in [0.15, 0.2) is 18.2 Å². The van der Waals surface area contributed by atoms with Crippen LogP contribution in [-0.2, 0) is 11.2 Å². The minimum absolute atomic E-state index is 0.430. The van der Waals surface area contributed by atoms with E-state index in [9.17, 15) is 9.90 Å². The lowest BCUT2D eigenvalue weighted by molar-refractivity contribution is -0.307. The standard InChI is InChI=1S/C12H9NO3S2/c14-10(15)5-16-8-3-1-2-6-7(8)4-9-11(6)13-12(17)18-9/h1-3H,4-5H2,(H,13,17)(H,14,15)/p-1. The van der Waals surface area contributed by atoms with E-state index < -0.39 is 12.6 Å². The Morgan fingerprint density at radius 1 is 1.56 bits per heavy atom. The Morgan fingerprint density at radius 2 is 2.39 bits per heavy atom. The molecule has 1 N–H and O–H groups in total. The molecule has 18 heavy (non-hydrogen) atoms. The number of fused-ring (bicyclic) bond motifs is 3. The number of aromatic amines is 1. The second kappa shape index (κ2) is 4.22. The Balaban J connectivity index is 2.01. The fraction of sp³-hybridized carbons (Fsp3) is 0.167. The third-order valence-corrected chi connectivity index (χ3v) is 4.04. The molecule has 0 saturated carbocycles. The molecule has 4 nitrogen and oxygen atoms in total. The molecule has 3 rings (SSSR count). The average molecular weight is 278 g/mol. The van der Waals surface area contributed by atoms with Gasteiger partial charge in [-0.1, -0.05) is 12.1 Å². The zero-order valence-corrected chi connectivity index (χ0v) is 10.8. The van der Waals surface area contributed by atoms with E-state index in [1.54, 1.807) is 17.4 Å². The Labute approximate surface area is 112 Å². The summed E-state index contributed by atoms with van der Waals surface area (Å²) in [5.41, 5.74) is 3.07. The first kappa shape index (κ1) is 11.4. The summed E-state index contributed by atoms with van der Waals surface area (Å²) in [5, 5.41) is 10.4. The summed E-state index contributed by atoms with van der Waals surface area (Å²) in [6.45, 7) is -0.430. The largest absolute Gasteiger partial charge is 0.546 e. The molecule has 1 aliphatic carbocycles. The van der Waals surface area contributed by atoms with E-state index in [2.05, 4.69) is 4.98 Å². The number of thiazole rings is 1. The van der Waals surface area contributed by atoms with E-state index in [4.69, 9.17) is 17.0 Å². The smallest absolute Gasteiger partial charge is 0.159 e. The number of rotatable bonds is 3. The van der Waals surface area contributed by atoms with Gasteiger partial charge in [0, 0.05) is 22.4 Å². The van der Waals surface area contributed by atoms with Crippen molar-refractivity contribution in [1.29, 1.82) is 0 Å². The summed E-state index contributed by atoms with van der Waals surface area (Å²) in [5.74, 6) is -0.626. The number of hydrogen-bond donors (Lipinski definition) is 1. The fourth-order valence-corrected chi connectivity index (χ4v) is 3.38. The molecule has 1 aliphatic rings. The second-order valence-corrected chi connectivity index (χ2v) is 5.70. The number of nitrogens with one attached hydrogen (secondary N) is 1. The molecule has 0 bridgehead atoms. The highest BCUT2D eigenvalue weighted by atomic mass is 32.1. The molecule has 2 aromatic rings. The number of H-pyrrole nitrogens is 1. The highest BCUT2D eigenvalue weighted by Crippen LogP contribution is 2.42. The third kappa shape index (κ3) is 1.83. The van der Waals surface area contributed by atoms with Gasteiger partial charge in [-0.15, -0.1) is 11.3 Å². The number of benzene rings is 1. The molecule has 0 unspecified atom stereocenters. The molecule has 0 atom stereocenters. The molecule has 0 radical (unpaired) electrons. The maximum Gasteiger partial charge on any atom is 0.159 e. The number of aromatic nitrogens is 1. The molecule has 1 aromatic carbocycles. The van der Waals surface area contributed by atoms with Crippen LogP contribution in [0.2, 0.25) is 0 Å². The van der Waals surface area contributed by atoms with Gasteiger partial charge < -0.3 is 19.6 Å². The van der Waals surface area contributed by atoms with E-state index >= 15 is 0 Å². The van der Waals surface area contributed by atoms with Crippen LogP contribution in [0.4, 0.5) is 0 Å². The predicted molar refractivity (Wildman–Crippen MR) is 68.2 cm³/mol. The van der Waals surface area contributed by atoms with Crippen molar-refractivity contribution in [1.82, 2.24) is 4.98 Å². The summed E-state index contributed by atoms with van der Waals surface area (Å²) in [4.78, 5) is 14.8. The summed E-state index contributed by atoms with van der Waals surface area (Å²) < 4.78 is 6.00. The number of carboxylic acids is 1. The van der Waals surface area contributed by atoms with Crippen LogP contribution >= 0.6 is 23.6 Å². The van der Waals surface area contributed by atoms with E-state index in [0.717, 1.165) is 27.2 Å². The lowest BCUT2D eigenvalue weighted by Gasteiger charge is -2.11. The molecular formula is C12H8NO3S2-. The SMILES string of the molecule is O=C([O-])COc1cccc2c1Cc1sc(=S)[nH]c1-2. The van der Waals surface area contributed by atoms with E-state index in [1.807, 2.05) is 12.1 Å². The highest BCUT2D eigenvalue weighted by Gasteiger charge is 2.24. The quantitative estimate of drug-likeness (QED) is 0.737. The first-order chi connectivity index (χ1) is 8.65. The zero-order chi connectivity index (χ0) is 12.7. The molecule has 0 amide bonds.